The molecule has 0 aromatic rings. The van der Waals surface area contributed by atoms with Crippen LogP contribution in [0, 0.1) is 5.92 Å². The topological polar surface area (TPSA) is 101 Å². The van der Waals surface area contributed by atoms with Gasteiger partial charge >= 0.3 is 0 Å². The minimum atomic E-state index is -3.18. The zero-order chi connectivity index (χ0) is 14.9. The van der Waals surface area contributed by atoms with Crippen molar-refractivity contribution in [3.63, 3.8) is 0 Å². The molecule has 0 spiro atoms. The van der Waals surface area contributed by atoms with Crippen LogP contribution in [0.15, 0.2) is 0 Å². The lowest BCUT2D eigenvalue weighted by Gasteiger charge is -2.33. The fraction of sp³-hybridized carbons (Fsp3) is 0.833. The number of sulfonamides is 1. The highest BCUT2D eigenvalue weighted by Crippen LogP contribution is 2.25. The molecule has 0 radical (unpaired) electrons. The van der Waals surface area contributed by atoms with Crippen LogP contribution in [-0.2, 0) is 19.6 Å². The van der Waals surface area contributed by atoms with Crippen LogP contribution in [0.1, 0.15) is 25.7 Å². The molecule has 2 saturated heterocycles. The minimum Gasteiger partial charge on any atom is -0.368 e. The largest absolute Gasteiger partial charge is 0.368 e. The molecule has 0 bridgehead atoms. The Bertz CT molecular complexity index is 497. The summed E-state index contributed by atoms with van der Waals surface area (Å²) in [4.78, 5) is 25.3. The SMILES string of the molecule is CS(=O)(=O)N1CCC(C(=O)N2CCC[C@H]2C(N)=O)CC1. The molecule has 2 heterocycles. The van der Waals surface area contributed by atoms with Crippen LogP contribution in [0.4, 0.5) is 0 Å². The van der Waals surface area contributed by atoms with Crippen molar-refractivity contribution < 1.29 is 18.0 Å². The van der Waals surface area contributed by atoms with Crippen LogP contribution < -0.4 is 5.73 Å². The average molecular weight is 303 g/mol. The molecule has 1 atom stereocenters. The lowest BCUT2D eigenvalue weighted by Crippen LogP contribution is -2.48. The van der Waals surface area contributed by atoms with Crippen LogP contribution in [0.25, 0.3) is 0 Å². The van der Waals surface area contributed by atoms with Gasteiger partial charge in [0.15, 0.2) is 0 Å². The predicted molar refractivity (Wildman–Crippen MR) is 73.1 cm³/mol. The lowest BCUT2D eigenvalue weighted by atomic mass is 9.96. The van der Waals surface area contributed by atoms with E-state index >= 15 is 0 Å². The van der Waals surface area contributed by atoms with Crippen LogP contribution in [0.2, 0.25) is 0 Å². The van der Waals surface area contributed by atoms with E-state index in [1.807, 2.05) is 0 Å². The smallest absolute Gasteiger partial charge is 0.240 e. The number of primary amides is 1. The average Bonchev–Trinajstić information content (AvgIpc) is 2.86. The molecule has 2 N–H and O–H groups in total. The van der Waals surface area contributed by atoms with E-state index in [0.29, 0.717) is 38.9 Å². The number of nitrogens with zero attached hydrogens (tertiary/aromatic N) is 2. The van der Waals surface area contributed by atoms with E-state index in [0.717, 1.165) is 6.42 Å². The van der Waals surface area contributed by atoms with Gasteiger partial charge in [0.1, 0.15) is 6.04 Å². The number of carbonyl (C=O) groups excluding carboxylic acids is 2. The highest BCUT2D eigenvalue weighted by Gasteiger charge is 2.37. The van der Waals surface area contributed by atoms with E-state index in [1.54, 1.807) is 4.90 Å². The molecule has 8 heteroatoms. The highest BCUT2D eigenvalue weighted by atomic mass is 32.2. The first-order valence-electron chi connectivity index (χ1n) is 6.85. The quantitative estimate of drug-likeness (QED) is 0.732. The monoisotopic (exact) mass is 303 g/mol. The molecule has 2 aliphatic heterocycles. The van der Waals surface area contributed by atoms with Crippen molar-refractivity contribution in [1.82, 2.24) is 9.21 Å². The summed E-state index contributed by atoms with van der Waals surface area (Å²) in [6.45, 7) is 1.30. The molecular weight excluding hydrogens is 282 g/mol. The van der Waals surface area contributed by atoms with E-state index < -0.39 is 22.0 Å². The van der Waals surface area contributed by atoms with Gasteiger partial charge in [-0.3, -0.25) is 9.59 Å². The fourth-order valence-electron chi connectivity index (χ4n) is 3.00. The van der Waals surface area contributed by atoms with Gasteiger partial charge in [0.25, 0.3) is 0 Å². The Labute approximate surface area is 119 Å². The van der Waals surface area contributed by atoms with E-state index in [1.165, 1.54) is 10.6 Å². The van der Waals surface area contributed by atoms with Crippen molar-refractivity contribution in [2.45, 2.75) is 31.7 Å². The third-order valence-corrected chi connectivity index (χ3v) is 5.44. The summed E-state index contributed by atoms with van der Waals surface area (Å²) in [5, 5.41) is 0. The summed E-state index contributed by atoms with van der Waals surface area (Å²) in [6.07, 6.45) is 3.62. The van der Waals surface area contributed by atoms with Crippen molar-refractivity contribution in [3.05, 3.63) is 0 Å². The molecule has 114 valence electrons. The summed E-state index contributed by atoms with van der Waals surface area (Å²) in [5.41, 5.74) is 5.31. The highest BCUT2D eigenvalue weighted by molar-refractivity contribution is 7.88. The number of hydrogen-bond donors (Lipinski definition) is 1. The van der Waals surface area contributed by atoms with Gasteiger partial charge in [-0.15, -0.1) is 0 Å². The Kier molecular flexibility index (Phi) is 4.33. The van der Waals surface area contributed by atoms with Crippen LogP contribution in [0.3, 0.4) is 0 Å². The molecule has 0 aromatic carbocycles. The van der Waals surface area contributed by atoms with Crippen molar-refractivity contribution >= 4 is 21.8 Å². The Morgan fingerprint density at radius 1 is 1.10 bits per heavy atom. The van der Waals surface area contributed by atoms with Gasteiger partial charge in [0.05, 0.1) is 6.26 Å². The molecule has 2 amide bonds. The molecule has 0 aliphatic carbocycles. The van der Waals surface area contributed by atoms with E-state index in [-0.39, 0.29) is 11.8 Å². The number of amides is 2. The Morgan fingerprint density at radius 2 is 1.70 bits per heavy atom. The van der Waals surface area contributed by atoms with Gasteiger partial charge in [0.2, 0.25) is 21.8 Å². The summed E-state index contributed by atoms with van der Waals surface area (Å²) in [5.74, 6) is -0.711. The maximum Gasteiger partial charge on any atom is 0.240 e. The summed E-state index contributed by atoms with van der Waals surface area (Å²) in [7, 11) is -3.18. The van der Waals surface area contributed by atoms with Crippen LogP contribution in [-0.4, -0.2) is 61.4 Å². The number of hydrogen-bond acceptors (Lipinski definition) is 4. The van der Waals surface area contributed by atoms with Crippen LogP contribution >= 0.6 is 0 Å². The van der Waals surface area contributed by atoms with Crippen molar-refractivity contribution in [2.75, 3.05) is 25.9 Å². The molecule has 0 aromatic heterocycles. The van der Waals surface area contributed by atoms with Crippen LogP contribution in [0.5, 0.6) is 0 Å². The Balaban J connectivity index is 1.97. The van der Waals surface area contributed by atoms with Gasteiger partial charge in [-0.1, -0.05) is 0 Å². The minimum absolute atomic E-state index is 0.0561. The summed E-state index contributed by atoms with van der Waals surface area (Å²) >= 11 is 0. The van der Waals surface area contributed by atoms with Crippen molar-refractivity contribution in [1.29, 1.82) is 0 Å². The second-order valence-electron chi connectivity index (χ2n) is 5.53. The zero-order valence-electron chi connectivity index (χ0n) is 11.6. The molecule has 2 rings (SSSR count). The number of piperidine rings is 1. The molecule has 2 fully saturated rings. The van der Waals surface area contributed by atoms with E-state index in [9.17, 15) is 18.0 Å². The molecule has 20 heavy (non-hydrogen) atoms. The lowest BCUT2D eigenvalue weighted by molar-refractivity contribution is -0.141. The van der Waals surface area contributed by atoms with E-state index in [4.69, 9.17) is 5.73 Å². The molecule has 2 aliphatic rings. The number of nitrogens with two attached hydrogens (primary N) is 1. The standard InChI is InChI=1S/C12H21N3O4S/c1-20(18,19)14-7-4-9(5-8-14)12(17)15-6-2-3-10(15)11(13)16/h9-10H,2-8H2,1H3,(H2,13,16)/t10-/m0/s1. The number of rotatable bonds is 3. The first-order chi connectivity index (χ1) is 9.30. The van der Waals surface area contributed by atoms with E-state index in [2.05, 4.69) is 0 Å². The number of likely N-dealkylation sites (tertiary alicyclic amines) is 1. The third-order valence-electron chi connectivity index (χ3n) is 4.14. The summed E-state index contributed by atoms with van der Waals surface area (Å²) in [6, 6.07) is -0.490. The fourth-order valence-corrected chi connectivity index (χ4v) is 3.87. The predicted octanol–water partition coefficient (Wildman–Crippen LogP) is -0.866. The van der Waals surface area contributed by atoms with Gasteiger partial charge in [-0.2, -0.15) is 0 Å². The first-order valence-corrected chi connectivity index (χ1v) is 8.70. The van der Waals surface area contributed by atoms with Gasteiger partial charge in [-0.25, -0.2) is 12.7 Å². The molecule has 0 unspecified atom stereocenters. The molecule has 0 saturated carbocycles. The van der Waals surface area contributed by atoms with Crippen molar-refractivity contribution in [2.24, 2.45) is 11.7 Å². The molecule has 7 nitrogen and oxygen atoms in total. The maximum atomic E-state index is 12.4. The Morgan fingerprint density at radius 3 is 2.20 bits per heavy atom. The Hall–Kier alpha value is -1.15. The third kappa shape index (κ3) is 3.12. The van der Waals surface area contributed by atoms with Gasteiger partial charge < -0.3 is 10.6 Å². The van der Waals surface area contributed by atoms with Gasteiger partial charge in [0, 0.05) is 25.6 Å². The second kappa shape index (κ2) is 5.69. The number of carbonyl (C=O) groups is 2. The maximum absolute atomic E-state index is 12.4. The zero-order valence-corrected chi connectivity index (χ0v) is 12.4. The van der Waals surface area contributed by atoms with Gasteiger partial charge in [-0.05, 0) is 25.7 Å². The normalized spacial score (nSPS) is 25.9. The van der Waals surface area contributed by atoms with Crippen molar-refractivity contribution in [3.8, 4) is 0 Å². The first kappa shape index (κ1) is 15.2. The second-order valence-corrected chi connectivity index (χ2v) is 7.51. The summed E-state index contributed by atoms with van der Waals surface area (Å²) < 4.78 is 24.3. The molecular formula is C12H21N3O4S.